The van der Waals surface area contributed by atoms with Crippen LogP contribution in [0.1, 0.15) is 35.3 Å². The number of nitrogens with zero attached hydrogens (tertiary/aromatic N) is 3. The maximum absolute atomic E-state index is 5.65. The highest BCUT2D eigenvalue weighted by Crippen LogP contribution is 2.14. The Morgan fingerprint density at radius 2 is 1.83 bits per heavy atom. The molecule has 2 rings (SSSR count). The van der Waals surface area contributed by atoms with Gasteiger partial charge in [-0.2, -0.15) is 0 Å². The summed E-state index contributed by atoms with van der Waals surface area (Å²) in [7, 11) is 0. The molecule has 4 nitrogen and oxygen atoms in total. The Bertz CT molecular complexity index is 543. The number of hydrogen-bond acceptors (Lipinski definition) is 3. The number of rotatable bonds is 4. The normalized spacial score (nSPS) is 10.9. The van der Waals surface area contributed by atoms with Gasteiger partial charge in [-0.05, 0) is 37.5 Å². The van der Waals surface area contributed by atoms with E-state index in [1.165, 1.54) is 16.7 Å². The lowest BCUT2D eigenvalue weighted by molar-refractivity contribution is 0.668. The van der Waals surface area contributed by atoms with Crippen LogP contribution in [-0.2, 0) is 19.5 Å². The third-order valence-corrected chi connectivity index (χ3v) is 3.34. The monoisotopic (exact) mass is 244 g/mol. The summed E-state index contributed by atoms with van der Waals surface area (Å²) in [5.41, 5.74) is 9.55. The highest BCUT2D eigenvalue weighted by molar-refractivity contribution is 5.31. The maximum Gasteiger partial charge on any atom is 0.146 e. The van der Waals surface area contributed by atoms with Gasteiger partial charge in [0.05, 0.1) is 6.54 Å². The fraction of sp³-hybridized carbons (Fsp3) is 0.429. The number of nitrogens with two attached hydrogens (primary N) is 1. The van der Waals surface area contributed by atoms with E-state index >= 15 is 0 Å². The summed E-state index contributed by atoms with van der Waals surface area (Å²) in [6.45, 7) is 7.65. The van der Waals surface area contributed by atoms with Gasteiger partial charge in [0.1, 0.15) is 11.6 Å². The second-order valence-corrected chi connectivity index (χ2v) is 4.58. The topological polar surface area (TPSA) is 56.7 Å². The van der Waals surface area contributed by atoms with Crippen LogP contribution < -0.4 is 5.73 Å². The zero-order valence-electron chi connectivity index (χ0n) is 11.3. The van der Waals surface area contributed by atoms with Crippen molar-refractivity contribution >= 4 is 0 Å². The van der Waals surface area contributed by atoms with Gasteiger partial charge in [-0.3, -0.25) is 0 Å². The van der Waals surface area contributed by atoms with Gasteiger partial charge in [0.25, 0.3) is 0 Å². The Morgan fingerprint density at radius 3 is 2.44 bits per heavy atom. The van der Waals surface area contributed by atoms with E-state index in [0.29, 0.717) is 6.54 Å². The first kappa shape index (κ1) is 12.8. The average molecular weight is 244 g/mol. The third kappa shape index (κ3) is 2.43. The SMILES string of the molecule is CCn1c(CN)nnc1Cc1ccc(C)c(C)c1. The molecule has 0 amide bonds. The number of hydrogen-bond donors (Lipinski definition) is 1. The third-order valence-electron chi connectivity index (χ3n) is 3.34. The summed E-state index contributed by atoms with van der Waals surface area (Å²) < 4.78 is 2.09. The molecule has 18 heavy (non-hydrogen) atoms. The first-order valence-corrected chi connectivity index (χ1v) is 6.32. The van der Waals surface area contributed by atoms with Crippen molar-refractivity contribution < 1.29 is 0 Å². The molecule has 0 aliphatic rings. The van der Waals surface area contributed by atoms with E-state index in [1.54, 1.807) is 0 Å². The first-order chi connectivity index (χ1) is 8.65. The van der Waals surface area contributed by atoms with Crippen molar-refractivity contribution in [1.82, 2.24) is 14.8 Å². The standard InChI is InChI=1S/C14H20N4/c1-4-18-13(16-17-14(18)9-15)8-12-6-5-10(2)11(3)7-12/h5-7H,4,8-9,15H2,1-3H3. The zero-order chi connectivity index (χ0) is 13.1. The molecule has 0 aliphatic carbocycles. The lowest BCUT2D eigenvalue weighted by atomic mass is 10.0. The predicted molar refractivity (Wildman–Crippen MR) is 72.3 cm³/mol. The summed E-state index contributed by atoms with van der Waals surface area (Å²) in [6, 6.07) is 6.52. The second-order valence-electron chi connectivity index (χ2n) is 4.58. The smallest absolute Gasteiger partial charge is 0.146 e. The molecular formula is C14H20N4. The van der Waals surface area contributed by atoms with Crippen molar-refractivity contribution in [3.63, 3.8) is 0 Å². The minimum absolute atomic E-state index is 0.438. The molecule has 0 aliphatic heterocycles. The molecule has 0 atom stereocenters. The van der Waals surface area contributed by atoms with Gasteiger partial charge in [-0.15, -0.1) is 10.2 Å². The summed E-state index contributed by atoms with van der Waals surface area (Å²) in [4.78, 5) is 0. The van der Waals surface area contributed by atoms with E-state index in [9.17, 15) is 0 Å². The number of benzene rings is 1. The maximum atomic E-state index is 5.65. The Morgan fingerprint density at radius 1 is 1.11 bits per heavy atom. The molecule has 0 radical (unpaired) electrons. The van der Waals surface area contributed by atoms with Crippen LogP contribution in [0.4, 0.5) is 0 Å². The Labute approximate surface area is 108 Å². The van der Waals surface area contributed by atoms with Crippen LogP contribution in [0, 0.1) is 13.8 Å². The van der Waals surface area contributed by atoms with E-state index in [2.05, 4.69) is 53.7 Å². The van der Waals surface area contributed by atoms with Crippen molar-refractivity contribution in [2.24, 2.45) is 5.73 Å². The van der Waals surface area contributed by atoms with Crippen molar-refractivity contribution in [2.75, 3.05) is 0 Å². The van der Waals surface area contributed by atoms with Gasteiger partial charge >= 0.3 is 0 Å². The van der Waals surface area contributed by atoms with Gasteiger partial charge < -0.3 is 10.3 Å². The molecule has 0 unspecified atom stereocenters. The lowest BCUT2D eigenvalue weighted by Gasteiger charge is -2.08. The van der Waals surface area contributed by atoms with Gasteiger partial charge in [-0.25, -0.2) is 0 Å². The van der Waals surface area contributed by atoms with E-state index < -0.39 is 0 Å². The molecule has 0 saturated heterocycles. The minimum atomic E-state index is 0.438. The minimum Gasteiger partial charge on any atom is -0.324 e. The average Bonchev–Trinajstić information content (AvgIpc) is 2.75. The van der Waals surface area contributed by atoms with Gasteiger partial charge in [-0.1, -0.05) is 18.2 Å². The van der Waals surface area contributed by atoms with Crippen LogP contribution in [0.25, 0.3) is 0 Å². The van der Waals surface area contributed by atoms with E-state index in [0.717, 1.165) is 24.6 Å². The Balaban J connectivity index is 2.28. The molecule has 1 aromatic carbocycles. The first-order valence-electron chi connectivity index (χ1n) is 6.32. The molecule has 96 valence electrons. The molecular weight excluding hydrogens is 224 g/mol. The fourth-order valence-electron chi connectivity index (χ4n) is 2.12. The lowest BCUT2D eigenvalue weighted by Crippen LogP contribution is -2.10. The molecule has 1 aromatic heterocycles. The number of aromatic nitrogens is 3. The zero-order valence-corrected chi connectivity index (χ0v) is 11.3. The quantitative estimate of drug-likeness (QED) is 0.894. The van der Waals surface area contributed by atoms with Crippen LogP contribution >= 0.6 is 0 Å². The molecule has 0 spiro atoms. The Kier molecular flexibility index (Phi) is 3.77. The highest BCUT2D eigenvalue weighted by Gasteiger charge is 2.10. The van der Waals surface area contributed by atoms with Crippen LogP contribution in [0.3, 0.4) is 0 Å². The molecule has 2 aromatic rings. The molecule has 2 N–H and O–H groups in total. The molecule has 0 saturated carbocycles. The van der Waals surface area contributed by atoms with Crippen molar-refractivity contribution in [1.29, 1.82) is 0 Å². The predicted octanol–water partition coefficient (Wildman–Crippen LogP) is 1.96. The van der Waals surface area contributed by atoms with Gasteiger partial charge in [0.2, 0.25) is 0 Å². The van der Waals surface area contributed by atoms with Gasteiger partial charge in [0, 0.05) is 13.0 Å². The van der Waals surface area contributed by atoms with Crippen LogP contribution in [0.15, 0.2) is 18.2 Å². The van der Waals surface area contributed by atoms with E-state index in [-0.39, 0.29) is 0 Å². The van der Waals surface area contributed by atoms with Crippen molar-refractivity contribution in [3.8, 4) is 0 Å². The van der Waals surface area contributed by atoms with Crippen LogP contribution in [0.5, 0.6) is 0 Å². The molecule has 0 fully saturated rings. The van der Waals surface area contributed by atoms with Crippen molar-refractivity contribution in [2.45, 2.75) is 40.3 Å². The molecule has 1 heterocycles. The van der Waals surface area contributed by atoms with E-state index in [4.69, 9.17) is 5.73 Å². The van der Waals surface area contributed by atoms with Crippen molar-refractivity contribution in [3.05, 3.63) is 46.5 Å². The largest absolute Gasteiger partial charge is 0.324 e. The highest BCUT2D eigenvalue weighted by atomic mass is 15.3. The Hall–Kier alpha value is -1.68. The second kappa shape index (κ2) is 5.31. The van der Waals surface area contributed by atoms with Crippen LogP contribution in [-0.4, -0.2) is 14.8 Å². The summed E-state index contributed by atoms with van der Waals surface area (Å²) in [5.74, 6) is 1.84. The fourth-order valence-corrected chi connectivity index (χ4v) is 2.12. The van der Waals surface area contributed by atoms with E-state index in [1.807, 2.05) is 0 Å². The summed E-state index contributed by atoms with van der Waals surface area (Å²) in [6.07, 6.45) is 0.808. The number of aryl methyl sites for hydroxylation is 2. The van der Waals surface area contributed by atoms with Crippen LogP contribution in [0.2, 0.25) is 0 Å². The van der Waals surface area contributed by atoms with Gasteiger partial charge in [0.15, 0.2) is 0 Å². The molecule has 0 bridgehead atoms. The summed E-state index contributed by atoms with van der Waals surface area (Å²) >= 11 is 0. The summed E-state index contributed by atoms with van der Waals surface area (Å²) in [5, 5.41) is 8.37. The molecule has 4 heteroatoms.